The van der Waals surface area contributed by atoms with E-state index in [1.54, 1.807) is 16.7 Å². The molecule has 1 amide bonds. The quantitative estimate of drug-likeness (QED) is 0.787. The largest absolute Gasteiger partial charge is 0.472 e. The molecule has 138 valence electrons. The van der Waals surface area contributed by atoms with Crippen molar-refractivity contribution in [2.75, 3.05) is 18.8 Å². The smallest absolute Gasteiger partial charge is 0.416 e. The maximum Gasteiger partial charge on any atom is 0.416 e. The van der Waals surface area contributed by atoms with Gasteiger partial charge in [0.15, 0.2) is 0 Å². The Bertz CT molecular complexity index is 606. The van der Waals surface area contributed by atoms with Crippen LogP contribution < -0.4 is 4.74 Å². The molecule has 1 aliphatic carbocycles. The number of amides is 1. The standard InChI is InChI=1S/C17H21F3N2O2S/c18-17(19,20)12-5-7-21-15(9-12)24-13-6-8-22(10-13)16(23)11-25-14-3-1-2-4-14/h5,7,9,13-14H,1-4,6,8,10-11H2/t13-/m0/s1. The molecule has 0 radical (unpaired) electrons. The molecule has 1 saturated heterocycles. The fourth-order valence-corrected chi connectivity index (χ4v) is 4.43. The van der Waals surface area contributed by atoms with E-state index < -0.39 is 11.7 Å². The van der Waals surface area contributed by atoms with Crippen molar-refractivity contribution in [2.24, 2.45) is 0 Å². The number of hydrogen-bond acceptors (Lipinski definition) is 4. The van der Waals surface area contributed by atoms with Crippen LogP contribution in [0.1, 0.15) is 37.7 Å². The highest BCUT2D eigenvalue weighted by atomic mass is 32.2. The first-order chi connectivity index (χ1) is 11.9. The number of alkyl halides is 3. The normalized spacial score (nSPS) is 21.7. The molecule has 0 bridgehead atoms. The molecular formula is C17H21F3N2O2S. The van der Waals surface area contributed by atoms with Crippen molar-refractivity contribution in [1.82, 2.24) is 9.88 Å². The van der Waals surface area contributed by atoms with E-state index in [1.165, 1.54) is 25.7 Å². The summed E-state index contributed by atoms with van der Waals surface area (Å²) in [6.07, 6.45) is 1.83. The third-order valence-electron chi connectivity index (χ3n) is 4.59. The number of carbonyl (C=O) groups is 1. The first-order valence-electron chi connectivity index (χ1n) is 8.51. The molecule has 0 spiro atoms. The summed E-state index contributed by atoms with van der Waals surface area (Å²) in [6.45, 7) is 0.982. The number of nitrogens with zero attached hydrogens (tertiary/aromatic N) is 2. The average molecular weight is 374 g/mol. The summed E-state index contributed by atoms with van der Waals surface area (Å²) in [5, 5.41) is 0.591. The lowest BCUT2D eigenvalue weighted by Crippen LogP contribution is -2.32. The van der Waals surface area contributed by atoms with Crippen LogP contribution >= 0.6 is 11.8 Å². The van der Waals surface area contributed by atoms with Crippen molar-refractivity contribution in [1.29, 1.82) is 0 Å². The van der Waals surface area contributed by atoms with Gasteiger partial charge in [-0.1, -0.05) is 12.8 Å². The maximum absolute atomic E-state index is 12.7. The Kier molecular flexibility index (Phi) is 5.76. The molecule has 1 aliphatic heterocycles. The van der Waals surface area contributed by atoms with Crippen LogP contribution in [-0.4, -0.2) is 46.0 Å². The minimum Gasteiger partial charge on any atom is -0.472 e. The Balaban J connectivity index is 1.48. The molecule has 0 N–H and O–H groups in total. The van der Waals surface area contributed by atoms with Gasteiger partial charge >= 0.3 is 6.18 Å². The van der Waals surface area contributed by atoms with Crippen molar-refractivity contribution >= 4 is 17.7 Å². The predicted octanol–water partition coefficient (Wildman–Crippen LogP) is 3.76. The number of carbonyl (C=O) groups excluding carboxylic acids is 1. The van der Waals surface area contributed by atoms with Crippen LogP contribution in [0.25, 0.3) is 0 Å². The highest BCUT2D eigenvalue weighted by Gasteiger charge is 2.32. The van der Waals surface area contributed by atoms with Gasteiger partial charge in [0.2, 0.25) is 11.8 Å². The Morgan fingerprint density at radius 2 is 2.08 bits per heavy atom. The third-order valence-corrected chi connectivity index (χ3v) is 5.95. The monoisotopic (exact) mass is 374 g/mol. The first-order valence-corrected chi connectivity index (χ1v) is 9.56. The highest BCUT2D eigenvalue weighted by molar-refractivity contribution is 8.00. The highest BCUT2D eigenvalue weighted by Crippen LogP contribution is 2.31. The van der Waals surface area contributed by atoms with Crippen LogP contribution in [0.2, 0.25) is 0 Å². The Morgan fingerprint density at radius 3 is 2.80 bits per heavy atom. The predicted molar refractivity (Wildman–Crippen MR) is 89.6 cm³/mol. The van der Waals surface area contributed by atoms with Crippen molar-refractivity contribution in [2.45, 2.75) is 49.6 Å². The number of ether oxygens (including phenoxy) is 1. The molecule has 2 fully saturated rings. The minimum absolute atomic E-state index is 0.0468. The van der Waals surface area contributed by atoms with Gasteiger partial charge in [0, 0.05) is 30.5 Å². The Morgan fingerprint density at radius 1 is 1.32 bits per heavy atom. The lowest BCUT2D eigenvalue weighted by atomic mass is 10.2. The molecule has 0 aromatic carbocycles. The average Bonchev–Trinajstić information content (AvgIpc) is 3.24. The molecular weight excluding hydrogens is 353 g/mol. The molecule has 3 rings (SSSR count). The lowest BCUT2D eigenvalue weighted by Gasteiger charge is -2.18. The number of likely N-dealkylation sites (tertiary alicyclic amines) is 1. The van der Waals surface area contributed by atoms with Gasteiger partial charge < -0.3 is 9.64 Å². The first kappa shape index (κ1) is 18.4. The van der Waals surface area contributed by atoms with E-state index >= 15 is 0 Å². The van der Waals surface area contributed by atoms with E-state index in [1.807, 2.05) is 0 Å². The lowest BCUT2D eigenvalue weighted by molar-refractivity contribution is -0.137. The second-order valence-corrected chi connectivity index (χ2v) is 7.75. The van der Waals surface area contributed by atoms with Crippen molar-refractivity contribution < 1.29 is 22.7 Å². The van der Waals surface area contributed by atoms with E-state index in [2.05, 4.69) is 4.98 Å². The SMILES string of the molecule is O=C(CSC1CCCC1)N1CC[C@H](Oc2cc(C(F)(F)F)ccn2)C1. The summed E-state index contributed by atoms with van der Waals surface area (Å²) in [7, 11) is 0. The molecule has 1 aromatic rings. The van der Waals surface area contributed by atoms with Gasteiger partial charge in [-0.3, -0.25) is 4.79 Å². The van der Waals surface area contributed by atoms with Gasteiger partial charge in [-0.05, 0) is 18.9 Å². The van der Waals surface area contributed by atoms with Gasteiger partial charge in [0.1, 0.15) is 6.10 Å². The molecule has 1 atom stereocenters. The zero-order valence-corrected chi connectivity index (χ0v) is 14.6. The van der Waals surface area contributed by atoms with Crippen LogP contribution in [-0.2, 0) is 11.0 Å². The molecule has 8 heteroatoms. The molecule has 1 saturated carbocycles. The summed E-state index contributed by atoms with van der Waals surface area (Å²) < 4.78 is 43.7. The fraction of sp³-hybridized carbons (Fsp3) is 0.647. The van der Waals surface area contributed by atoms with Crippen LogP contribution in [0.4, 0.5) is 13.2 Å². The minimum atomic E-state index is -4.42. The van der Waals surface area contributed by atoms with Crippen LogP contribution in [0, 0.1) is 0 Å². The number of aromatic nitrogens is 1. The Labute approximate surface area is 149 Å². The van der Waals surface area contributed by atoms with E-state index in [-0.39, 0.29) is 17.9 Å². The molecule has 2 heterocycles. The zero-order valence-electron chi connectivity index (χ0n) is 13.8. The van der Waals surface area contributed by atoms with E-state index in [9.17, 15) is 18.0 Å². The zero-order chi connectivity index (χ0) is 17.9. The summed E-state index contributed by atoms with van der Waals surface area (Å²) in [5.74, 6) is 0.508. The van der Waals surface area contributed by atoms with Gasteiger partial charge in [-0.15, -0.1) is 11.8 Å². The van der Waals surface area contributed by atoms with Crippen LogP contribution in [0.15, 0.2) is 18.3 Å². The van der Waals surface area contributed by atoms with E-state index in [4.69, 9.17) is 4.74 Å². The van der Waals surface area contributed by atoms with Crippen LogP contribution in [0.5, 0.6) is 5.88 Å². The second-order valence-electron chi connectivity index (χ2n) is 6.47. The van der Waals surface area contributed by atoms with Gasteiger partial charge in [0.05, 0.1) is 17.9 Å². The molecule has 1 aromatic heterocycles. The molecule has 4 nitrogen and oxygen atoms in total. The van der Waals surface area contributed by atoms with Crippen LogP contribution in [0.3, 0.4) is 0 Å². The number of pyridine rings is 1. The number of hydrogen-bond donors (Lipinski definition) is 0. The van der Waals surface area contributed by atoms with Gasteiger partial charge in [0.25, 0.3) is 0 Å². The molecule has 25 heavy (non-hydrogen) atoms. The summed E-state index contributed by atoms with van der Waals surface area (Å²) >= 11 is 1.72. The van der Waals surface area contributed by atoms with E-state index in [0.717, 1.165) is 18.3 Å². The fourth-order valence-electron chi connectivity index (χ4n) is 3.21. The molecule has 2 aliphatic rings. The summed E-state index contributed by atoms with van der Waals surface area (Å²) in [6, 6.07) is 1.82. The second kappa shape index (κ2) is 7.85. The van der Waals surface area contributed by atoms with Gasteiger partial charge in [-0.2, -0.15) is 13.2 Å². The topological polar surface area (TPSA) is 42.4 Å². The number of rotatable bonds is 5. The third kappa shape index (κ3) is 5.03. The van der Waals surface area contributed by atoms with Crippen molar-refractivity contribution in [3.8, 4) is 5.88 Å². The number of halogens is 3. The summed E-state index contributed by atoms with van der Waals surface area (Å²) in [4.78, 5) is 17.9. The van der Waals surface area contributed by atoms with Crippen molar-refractivity contribution in [3.05, 3.63) is 23.9 Å². The summed E-state index contributed by atoms with van der Waals surface area (Å²) in [5.41, 5.74) is -0.781. The number of thioether (sulfide) groups is 1. The molecule has 0 unspecified atom stereocenters. The van der Waals surface area contributed by atoms with E-state index in [0.29, 0.717) is 30.5 Å². The van der Waals surface area contributed by atoms with Crippen molar-refractivity contribution in [3.63, 3.8) is 0 Å². The maximum atomic E-state index is 12.7. The van der Waals surface area contributed by atoms with Gasteiger partial charge in [-0.25, -0.2) is 4.98 Å². The Hall–Kier alpha value is -1.44.